The first kappa shape index (κ1) is 20.9. The maximum Gasteiger partial charge on any atom is 0.407 e. The SMILES string of the molecule is CC(C)(C)OC(=O)NCC1CCn2ncc(C(=O)N3CCc4c(Br)cccc43)c2C1. The molecule has 1 N–H and O–H groups in total. The molecule has 2 amide bonds. The number of rotatable bonds is 3. The summed E-state index contributed by atoms with van der Waals surface area (Å²) in [5.74, 6) is 0.238. The number of carbonyl (C=O) groups is 2. The van der Waals surface area contributed by atoms with E-state index < -0.39 is 11.7 Å². The lowest BCUT2D eigenvalue weighted by Gasteiger charge is -2.26. The monoisotopic (exact) mass is 474 g/mol. The van der Waals surface area contributed by atoms with Gasteiger partial charge < -0.3 is 15.0 Å². The minimum Gasteiger partial charge on any atom is -0.444 e. The molecule has 1 aromatic carbocycles. The second-order valence-corrected chi connectivity index (χ2v) is 9.77. The number of alkyl carbamates (subject to hydrolysis) is 1. The molecule has 1 unspecified atom stereocenters. The third-order valence-corrected chi connectivity index (χ3v) is 6.30. The zero-order chi connectivity index (χ0) is 21.5. The largest absolute Gasteiger partial charge is 0.444 e. The van der Waals surface area contributed by atoms with Gasteiger partial charge in [-0.15, -0.1) is 0 Å². The average Bonchev–Trinajstić information content (AvgIpc) is 3.29. The van der Waals surface area contributed by atoms with Crippen LogP contribution in [0, 0.1) is 5.92 Å². The first-order valence-corrected chi connectivity index (χ1v) is 11.1. The van der Waals surface area contributed by atoms with Crippen LogP contribution in [-0.2, 0) is 24.1 Å². The Morgan fingerprint density at radius 3 is 2.87 bits per heavy atom. The predicted octanol–water partition coefficient (Wildman–Crippen LogP) is 3.94. The van der Waals surface area contributed by atoms with Crippen LogP contribution in [0.5, 0.6) is 0 Å². The highest BCUT2D eigenvalue weighted by Crippen LogP contribution is 2.35. The van der Waals surface area contributed by atoms with Gasteiger partial charge in [0.2, 0.25) is 0 Å². The highest BCUT2D eigenvalue weighted by Gasteiger charge is 2.32. The molecular formula is C22H27BrN4O3. The van der Waals surface area contributed by atoms with E-state index >= 15 is 0 Å². The minimum absolute atomic E-state index is 0.00569. The number of aryl methyl sites for hydroxylation is 1. The molecule has 3 heterocycles. The summed E-state index contributed by atoms with van der Waals surface area (Å²) in [5, 5.41) is 7.31. The number of aromatic nitrogens is 2. The van der Waals surface area contributed by atoms with E-state index in [9.17, 15) is 9.59 Å². The number of amides is 2. The molecule has 0 radical (unpaired) electrons. The fraction of sp³-hybridized carbons (Fsp3) is 0.500. The summed E-state index contributed by atoms with van der Waals surface area (Å²) in [6.45, 7) is 7.47. The fourth-order valence-electron chi connectivity index (χ4n) is 4.14. The van der Waals surface area contributed by atoms with Gasteiger partial charge in [-0.2, -0.15) is 5.10 Å². The zero-order valence-electron chi connectivity index (χ0n) is 17.6. The number of carbonyl (C=O) groups excluding carboxylic acids is 2. The quantitative estimate of drug-likeness (QED) is 0.730. The minimum atomic E-state index is -0.518. The van der Waals surface area contributed by atoms with Gasteiger partial charge in [-0.25, -0.2) is 4.79 Å². The second kappa shape index (κ2) is 8.06. The molecule has 1 atom stereocenters. The molecular weight excluding hydrogens is 448 g/mol. The first-order chi connectivity index (χ1) is 14.2. The Morgan fingerprint density at radius 2 is 2.10 bits per heavy atom. The zero-order valence-corrected chi connectivity index (χ0v) is 19.2. The number of hydrogen-bond acceptors (Lipinski definition) is 4. The predicted molar refractivity (Wildman–Crippen MR) is 118 cm³/mol. The van der Waals surface area contributed by atoms with Crippen LogP contribution in [0.25, 0.3) is 0 Å². The number of benzene rings is 1. The Labute approximate surface area is 184 Å². The van der Waals surface area contributed by atoms with Crippen molar-refractivity contribution in [2.75, 3.05) is 18.0 Å². The van der Waals surface area contributed by atoms with E-state index in [4.69, 9.17) is 4.74 Å². The molecule has 2 aliphatic heterocycles. The second-order valence-electron chi connectivity index (χ2n) is 8.91. The smallest absolute Gasteiger partial charge is 0.407 e. The van der Waals surface area contributed by atoms with Crippen LogP contribution in [0.15, 0.2) is 28.9 Å². The third kappa shape index (κ3) is 4.24. The van der Waals surface area contributed by atoms with E-state index in [1.165, 1.54) is 5.56 Å². The summed E-state index contributed by atoms with van der Waals surface area (Å²) < 4.78 is 8.29. The number of fused-ring (bicyclic) bond motifs is 2. The molecule has 2 aromatic rings. The molecule has 4 rings (SSSR count). The maximum absolute atomic E-state index is 13.4. The average molecular weight is 475 g/mol. The Balaban J connectivity index is 1.46. The molecule has 0 saturated heterocycles. The van der Waals surface area contributed by atoms with E-state index in [1.807, 2.05) is 48.6 Å². The van der Waals surface area contributed by atoms with Gasteiger partial charge in [-0.05, 0) is 63.6 Å². The van der Waals surface area contributed by atoms with Crippen molar-refractivity contribution in [3.63, 3.8) is 0 Å². The van der Waals surface area contributed by atoms with Gasteiger partial charge in [0.05, 0.1) is 17.5 Å². The van der Waals surface area contributed by atoms with Crippen LogP contribution in [0.4, 0.5) is 10.5 Å². The van der Waals surface area contributed by atoms with Gasteiger partial charge in [0.15, 0.2) is 0 Å². The molecule has 2 aliphatic rings. The highest BCUT2D eigenvalue weighted by molar-refractivity contribution is 9.10. The molecule has 30 heavy (non-hydrogen) atoms. The van der Waals surface area contributed by atoms with E-state index in [0.29, 0.717) is 25.1 Å². The van der Waals surface area contributed by atoms with Crippen molar-refractivity contribution in [2.45, 2.75) is 52.2 Å². The molecule has 0 spiro atoms. The van der Waals surface area contributed by atoms with Crippen molar-refractivity contribution >= 4 is 33.6 Å². The molecule has 160 valence electrons. The lowest BCUT2D eigenvalue weighted by Crippen LogP contribution is -2.37. The number of anilines is 1. The van der Waals surface area contributed by atoms with Crippen LogP contribution in [-0.4, -0.2) is 40.5 Å². The van der Waals surface area contributed by atoms with Crippen LogP contribution in [0.3, 0.4) is 0 Å². The molecule has 0 aliphatic carbocycles. The Morgan fingerprint density at radius 1 is 1.30 bits per heavy atom. The highest BCUT2D eigenvalue weighted by atomic mass is 79.9. The number of nitrogens with one attached hydrogen (secondary N) is 1. The molecule has 7 nitrogen and oxygen atoms in total. The van der Waals surface area contributed by atoms with E-state index in [2.05, 4.69) is 26.3 Å². The number of hydrogen-bond donors (Lipinski definition) is 1. The van der Waals surface area contributed by atoms with Crippen molar-refractivity contribution in [2.24, 2.45) is 5.92 Å². The topological polar surface area (TPSA) is 76.5 Å². The number of nitrogens with zero attached hydrogens (tertiary/aromatic N) is 3. The lowest BCUT2D eigenvalue weighted by molar-refractivity contribution is 0.0516. The lowest BCUT2D eigenvalue weighted by atomic mass is 9.94. The van der Waals surface area contributed by atoms with Gasteiger partial charge in [0.1, 0.15) is 5.60 Å². The number of ether oxygens (including phenoxy) is 1. The van der Waals surface area contributed by atoms with E-state index in [1.54, 1.807) is 6.20 Å². The van der Waals surface area contributed by atoms with Gasteiger partial charge in [-0.1, -0.05) is 22.0 Å². The Kier molecular flexibility index (Phi) is 5.61. The van der Waals surface area contributed by atoms with E-state index in [0.717, 1.165) is 35.2 Å². The summed E-state index contributed by atoms with van der Waals surface area (Å²) in [5.41, 5.74) is 3.23. The fourth-order valence-corrected chi connectivity index (χ4v) is 4.70. The molecule has 0 saturated carbocycles. The maximum atomic E-state index is 13.4. The summed E-state index contributed by atoms with van der Waals surface area (Å²) in [6, 6.07) is 5.96. The Bertz CT molecular complexity index is 979. The summed E-state index contributed by atoms with van der Waals surface area (Å²) in [6.07, 6.45) is 3.73. The molecule has 1 aromatic heterocycles. The molecule has 0 bridgehead atoms. The number of halogens is 1. The Hall–Kier alpha value is -2.35. The van der Waals surface area contributed by atoms with Crippen molar-refractivity contribution < 1.29 is 14.3 Å². The van der Waals surface area contributed by atoms with Crippen LogP contribution in [0.1, 0.15) is 48.8 Å². The summed E-state index contributed by atoms with van der Waals surface area (Å²) in [4.78, 5) is 27.2. The van der Waals surface area contributed by atoms with Gasteiger partial charge in [-0.3, -0.25) is 9.48 Å². The molecule has 8 heteroatoms. The normalized spacial score (nSPS) is 18.0. The van der Waals surface area contributed by atoms with Gasteiger partial charge in [0.25, 0.3) is 5.91 Å². The molecule has 0 fully saturated rings. The third-order valence-electron chi connectivity index (χ3n) is 5.56. The van der Waals surface area contributed by atoms with Crippen molar-refractivity contribution in [1.29, 1.82) is 0 Å². The van der Waals surface area contributed by atoms with Crippen molar-refractivity contribution in [3.05, 3.63) is 45.7 Å². The summed E-state index contributed by atoms with van der Waals surface area (Å²) >= 11 is 3.59. The van der Waals surface area contributed by atoms with Crippen molar-refractivity contribution in [3.8, 4) is 0 Å². The van der Waals surface area contributed by atoms with Crippen LogP contribution in [0.2, 0.25) is 0 Å². The van der Waals surface area contributed by atoms with Crippen LogP contribution >= 0.6 is 15.9 Å². The van der Waals surface area contributed by atoms with Gasteiger partial charge >= 0.3 is 6.09 Å². The van der Waals surface area contributed by atoms with Crippen molar-refractivity contribution in [1.82, 2.24) is 15.1 Å². The first-order valence-electron chi connectivity index (χ1n) is 10.3. The van der Waals surface area contributed by atoms with E-state index in [-0.39, 0.29) is 11.8 Å². The van der Waals surface area contributed by atoms with Crippen LogP contribution < -0.4 is 10.2 Å². The van der Waals surface area contributed by atoms with Gasteiger partial charge in [0, 0.05) is 29.8 Å². The summed E-state index contributed by atoms with van der Waals surface area (Å²) in [7, 11) is 0. The standard InChI is InChI=1S/C22H27BrN4O3/c1-22(2,3)30-21(29)24-12-14-7-10-27-19(11-14)16(13-25-27)20(28)26-9-8-15-17(23)5-4-6-18(15)26/h4-6,13-14H,7-12H2,1-3H3,(H,24,29).